The molecule has 0 bridgehead atoms. The van der Waals surface area contributed by atoms with Crippen LogP contribution in [0.4, 0.5) is 4.39 Å². The zero-order valence-electron chi connectivity index (χ0n) is 12.3. The monoisotopic (exact) mass is 299 g/mol. The van der Waals surface area contributed by atoms with Crippen molar-refractivity contribution in [3.05, 3.63) is 58.1 Å². The lowest BCUT2D eigenvalue weighted by Crippen LogP contribution is -2.30. The minimum absolute atomic E-state index is 0.112. The van der Waals surface area contributed by atoms with Crippen LogP contribution in [0.1, 0.15) is 48.5 Å². The van der Waals surface area contributed by atoms with Gasteiger partial charge in [0, 0.05) is 6.04 Å². The summed E-state index contributed by atoms with van der Waals surface area (Å²) < 4.78 is 14.9. The molecule has 1 fully saturated rings. The van der Waals surface area contributed by atoms with E-state index < -0.39 is 0 Å². The van der Waals surface area contributed by atoms with Crippen molar-refractivity contribution >= 4 is 6.29 Å². The maximum atomic E-state index is 13.1. The summed E-state index contributed by atoms with van der Waals surface area (Å²) in [5, 5.41) is 0. The number of carbonyl (C=O) groups excluding carboxylic acids is 1. The third-order valence-corrected chi connectivity index (χ3v) is 4.35. The summed E-state index contributed by atoms with van der Waals surface area (Å²) in [5.74, 6) is -0.306. The second kappa shape index (κ2) is 6.26. The van der Waals surface area contributed by atoms with Crippen molar-refractivity contribution in [2.45, 2.75) is 38.1 Å². The quantitative estimate of drug-likeness (QED) is 0.804. The van der Waals surface area contributed by atoms with E-state index in [1.807, 2.05) is 0 Å². The van der Waals surface area contributed by atoms with Gasteiger partial charge in [0.1, 0.15) is 5.82 Å². The summed E-state index contributed by atoms with van der Waals surface area (Å²) in [6.45, 7) is 0. The van der Waals surface area contributed by atoms with E-state index in [0.29, 0.717) is 6.29 Å². The zero-order chi connectivity index (χ0) is 15.5. The number of halogens is 1. The number of pyridine rings is 1. The molecule has 0 aliphatic heterocycles. The number of benzene rings is 1. The van der Waals surface area contributed by atoms with Gasteiger partial charge in [-0.2, -0.15) is 0 Å². The molecule has 2 aromatic rings. The molecule has 0 unspecified atom stereocenters. The Bertz CT molecular complexity index is 728. The maximum absolute atomic E-state index is 13.1. The second-order valence-corrected chi connectivity index (χ2v) is 5.77. The van der Waals surface area contributed by atoms with Crippen LogP contribution in [0, 0.1) is 5.82 Å². The first-order valence-electron chi connectivity index (χ1n) is 7.67. The van der Waals surface area contributed by atoms with E-state index in [-0.39, 0.29) is 23.0 Å². The van der Waals surface area contributed by atoms with Crippen LogP contribution in [0.2, 0.25) is 0 Å². The first kappa shape index (κ1) is 14.7. The Balaban J connectivity index is 2.16. The molecule has 22 heavy (non-hydrogen) atoms. The molecule has 1 heterocycles. The molecule has 0 N–H and O–H groups in total. The third-order valence-electron chi connectivity index (χ3n) is 4.35. The molecule has 4 heteroatoms. The number of hydrogen-bond acceptors (Lipinski definition) is 2. The summed E-state index contributed by atoms with van der Waals surface area (Å²) in [7, 11) is 0. The molecule has 0 atom stereocenters. The van der Waals surface area contributed by atoms with E-state index in [9.17, 15) is 14.0 Å². The molecular formula is C18H18FNO2. The highest BCUT2D eigenvalue weighted by Gasteiger charge is 2.21. The largest absolute Gasteiger partial charge is 0.305 e. The highest BCUT2D eigenvalue weighted by atomic mass is 19.1. The fraction of sp³-hybridized carbons (Fsp3) is 0.333. The highest BCUT2D eigenvalue weighted by Crippen LogP contribution is 2.31. The summed E-state index contributed by atoms with van der Waals surface area (Å²) in [4.78, 5) is 23.7. The molecule has 0 spiro atoms. The minimum Gasteiger partial charge on any atom is -0.305 e. The van der Waals surface area contributed by atoms with Gasteiger partial charge in [0.2, 0.25) is 0 Å². The first-order valence-corrected chi connectivity index (χ1v) is 7.67. The maximum Gasteiger partial charge on any atom is 0.261 e. The van der Waals surface area contributed by atoms with Gasteiger partial charge in [-0.15, -0.1) is 0 Å². The van der Waals surface area contributed by atoms with E-state index in [0.717, 1.165) is 36.9 Å². The first-order chi connectivity index (χ1) is 10.7. The molecule has 1 aromatic carbocycles. The Kier molecular flexibility index (Phi) is 4.18. The molecule has 0 radical (unpaired) electrons. The standard InChI is InChI=1S/C18H18FNO2/c19-15-9-6-13(7-10-15)17-11-8-14(12-21)18(22)20(17)16-4-2-1-3-5-16/h6-12,16H,1-5H2. The van der Waals surface area contributed by atoms with E-state index in [4.69, 9.17) is 0 Å². The van der Waals surface area contributed by atoms with Crippen LogP contribution in [-0.2, 0) is 0 Å². The zero-order valence-corrected chi connectivity index (χ0v) is 12.3. The van der Waals surface area contributed by atoms with Crippen LogP contribution in [0.25, 0.3) is 11.3 Å². The average molecular weight is 299 g/mol. The number of nitrogens with zero attached hydrogens (tertiary/aromatic N) is 1. The van der Waals surface area contributed by atoms with Crippen molar-refractivity contribution in [3.8, 4) is 11.3 Å². The third kappa shape index (κ3) is 2.73. The van der Waals surface area contributed by atoms with Gasteiger partial charge in [0.25, 0.3) is 5.56 Å². The van der Waals surface area contributed by atoms with Gasteiger partial charge in [-0.25, -0.2) is 4.39 Å². The molecule has 114 valence electrons. The minimum atomic E-state index is -0.306. The lowest BCUT2D eigenvalue weighted by atomic mass is 9.94. The molecule has 3 rings (SSSR count). The Morgan fingerprint density at radius 1 is 1.00 bits per heavy atom. The van der Waals surface area contributed by atoms with Crippen molar-refractivity contribution in [1.29, 1.82) is 0 Å². The lowest BCUT2D eigenvalue weighted by Gasteiger charge is -2.27. The van der Waals surface area contributed by atoms with Crippen LogP contribution in [0.5, 0.6) is 0 Å². The average Bonchev–Trinajstić information content (AvgIpc) is 2.56. The lowest BCUT2D eigenvalue weighted by molar-refractivity contribution is 0.112. The molecule has 1 aliphatic rings. The molecular weight excluding hydrogens is 281 g/mol. The van der Waals surface area contributed by atoms with Crippen molar-refractivity contribution in [2.75, 3.05) is 0 Å². The van der Waals surface area contributed by atoms with Crippen LogP contribution < -0.4 is 5.56 Å². The number of rotatable bonds is 3. The summed E-state index contributed by atoms with van der Waals surface area (Å²) >= 11 is 0. The molecule has 1 aliphatic carbocycles. The topological polar surface area (TPSA) is 39.1 Å². The van der Waals surface area contributed by atoms with Gasteiger partial charge >= 0.3 is 0 Å². The predicted molar refractivity (Wildman–Crippen MR) is 83.6 cm³/mol. The van der Waals surface area contributed by atoms with E-state index in [1.54, 1.807) is 28.8 Å². The second-order valence-electron chi connectivity index (χ2n) is 5.77. The van der Waals surface area contributed by atoms with Crippen molar-refractivity contribution in [2.24, 2.45) is 0 Å². The summed E-state index contributed by atoms with van der Waals surface area (Å²) in [5.41, 5.74) is 1.48. The van der Waals surface area contributed by atoms with E-state index >= 15 is 0 Å². The van der Waals surface area contributed by atoms with Gasteiger partial charge in [0.05, 0.1) is 11.3 Å². The van der Waals surface area contributed by atoms with Crippen LogP contribution >= 0.6 is 0 Å². The Labute approximate surface area is 128 Å². The summed E-state index contributed by atoms with van der Waals surface area (Å²) in [6.07, 6.45) is 5.85. The van der Waals surface area contributed by atoms with E-state index in [2.05, 4.69) is 0 Å². The Hall–Kier alpha value is -2.23. The van der Waals surface area contributed by atoms with E-state index in [1.165, 1.54) is 18.6 Å². The molecule has 1 saturated carbocycles. The Morgan fingerprint density at radius 3 is 2.32 bits per heavy atom. The number of aldehydes is 1. The van der Waals surface area contributed by atoms with Crippen molar-refractivity contribution < 1.29 is 9.18 Å². The normalized spacial score (nSPS) is 15.7. The fourth-order valence-corrected chi connectivity index (χ4v) is 3.22. The van der Waals surface area contributed by atoms with Crippen molar-refractivity contribution in [3.63, 3.8) is 0 Å². The van der Waals surface area contributed by atoms with Crippen molar-refractivity contribution in [1.82, 2.24) is 4.57 Å². The number of carbonyl (C=O) groups is 1. The van der Waals surface area contributed by atoms with Gasteiger partial charge in [-0.3, -0.25) is 9.59 Å². The Morgan fingerprint density at radius 2 is 1.68 bits per heavy atom. The van der Waals surface area contributed by atoms with Gasteiger partial charge in [-0.05, 0) is 54.8 Å². The van der Waals surface area contributed by atoms with Gasteiger partial charge in [0.15, 0.2) is 6.29 Å². The van der Waals surface area contributed by atoms with Crippen LogP contribution in [0.3, 0.4) is 0 Å². The van der Waals surface area contributed by atoms with Gasteiger partial charge in [-0.1, -0.05) is 19.3 Å². The number of aromatic nitrogens is 1. The molecule has 1 aromatic heterocycles. The SMILES string of the molecule is O=Cc1ccc(-c2ccc(F)cc2)n(C2CCCCC2)c1=O. The molecule has 0 amide bonds. The molecule has 0 saturated heterocycles. The number of hydrogen-bond donors (Lipinski definition) is 0. The highest BCUT2D eigenvalue weighted by molar-refractivity contribution is 5.75. The van der Waals surface area contributed by atoms with Crippen LogP contribution in [-0.4, -0.2) is 10.9 Å². The van der Waals surface area contributed by atoms with Gasteiger partial charge < -0.3 is 4.57 Å². The fourth-order valence-electron chi connectivity index (χ4n) is 3.22. The summed E-state index contributed by atoms with van der Waals surface area (Å²) in [6, 6.07) is 9.56. The predicted octanol–water partition coefficient (Wildman–Crippen LogP) is 3.97. The van der Waals surface area contributed by atoms with Crippen LogP contribution in [0.15, 0.2) is 41.2 Å². The smallest absolute Gasteiger partial charge is 0.261 e. The molecule has 3 nitrogen and oxygen atoms in total.